The van der Waals surface area contributed by atoms with Gasteiger partial charge in [0.25, 0.3) is 0 Å². The largest absolute Gasteiger partial charge is 0.341 e. The molecule has 2 atom stereocenters. The summed E-state index contributed by atoms with van der Waals surface area (Å²) >= 11 is 0. The van der Waals surface area contributed by atoms with E-state index in [0.717, 1.165) is 38.8 Å². The number of amides is 1. The fourth-order valence-electron chi connectivity index (χ4n) is 2.90. The Balaban J connectivity index is 1.81. The topological polar surface area (TPSA) is 32.3 Å². The van der Waals surface area contributed by atoms with Crippen molar-refractivity contribution < 1.29 is 4.79 Å². The summed E-state index contributed by atoms with van der Waals surface area (Å²) in [5.41, 5.74) is 1.37. The molecule has 1 aliphatic heterocycles. The molecule has 1 aromatic rings. The number of rotatable bonds is 7. The van der Waals surface area contributed by atoms with Crippen LogP contribution in [0.1, 0.15) is 38.7 Å². The average molecular weight is 274 g/mol. The molecule has 3 heteroatoms. The van der Waals surface area contributed by atoms with E-state index in [1.165, 1.54) is 5.56 Å². The van der Waals surface area contributed by atoms with E-state index in [9.17, 15) is 4.79 Å². The summed E-state index contributed by atoms with van der Waals surface area (Å²) in [5.74, 6) is 0.315. The monoisotopic (exact) mass is 274 g/mol. The minimum Gasteiger partial charge on any atom is -0.341 e. The van der Waals surface area contributed by atoms with Gasteiger partial charge in [0.05, 0.1) is 0 Å². The van der Waals surface area contributed by atoms with E-state index in [1.54, 1.807) is 0 Å². The molecule has 0 radical (unpaired) electrons. The van der Waals surface area contributed by atoms with Gasteiger partial charge in [0.15, 0.2) is 0 Å². The van der Waals surface area contributed by atoms with Crippen LogP contribution in [0.4, 0.5) is 0 Å². The van der Waals surface area contributed by atoms with E-state index in [2.05, 4.69) is 49.5 Å². The Bertz CT molecular complexity index is 418. The molecular weight excluding hydrogens is 248 g/mol. The fourth-order valence-corrected chi connectivity index (χ4v) is 2.90. The first-order valence-electron chi connectivity index (χ1n) is 7.76. The standard InChI is InChI=1S/C17H26N2O/c1-3-16(12-15-8-5-4-6-9-15)18-14(2)13-19-11-7-10-17(19)20/h4-6,8-9,14,16,18H,3,7,10-13H2,1-2H3. The molecule has 0 aromatic heterocycles. The first kappa shape index (κ1) is 15.0. The van der Waals surface area contributed by atoms with Crippen LogP contribution in [0.5, 0.6) is 0 Å². The molecule has 0 spiro atoms. The van der Waals surface area contributed by atoms with E-state index < -0.39 is 0 Å². The van der Waals surface area contributed by atoms with Crippen LogP contribution in [0, 0.1) is 0 Å². The number of nitrogens with one attached hydrogen (secondary N) is 1. The van der Waals surface area contributed by atoms with Crippen LogP contribution >= 0.6 is 0 Å². The molecule has 0 aliphatic carbocycles. The van der Waals surface area contributed by atoms with Crippen molar-refractivity contribution in [2.45, 2.75) is 51.6 Å². The minimum absolute atomic E-state index is 0.315. The minimum atomic E-state index is 0.315. The summed E-state index contributed by atoms with van der Waals surface area (Å²) in [6.07, 6.45) is 3.91. The van der Waals surface area contributed by atoms with Crippen molar-refractivity contribution in [1.82, 2.24) is 10.2 Å². The maximum absolute atomic E-state index is 11.7. The van der Waals surface area contributed by atoms with E-state index in [0.29, 0.717) is 18.0 Å². The molecular formula is C17H26N2O. The van der Waals surface area contributed by atoms with Crippen molar-refractivity contribution in [2.24, 2.45) is 0 Å². The summed E-state index contributed by atoms with van der Waals surface area (Å²) < 4.78 is 0. The van der Waals surface area contributed by atoms with E-state index in [1.807, 2.05) is 4.90 Å². The molecule has 1 N–H and O–H groups in total. The lowest BCUT2D eigenvalue weighted by Crippen LogP contribution is -2.44. The summed E-state index contributed by atoms with van der Waals surface area (Å²) in [5, 5.41) is 3.67. The summed E-state index contributed by atoms with van der Waals surface area (Å²) in [7, 11) is 0. The van der Waals surface area contributed by atoms with Crippen molar-refractivity contribution in [2.75, 3.05) is 13.1 Å². The van der Waals surface area contributed by atoms with Crippen LogP contribution in [-0.2, 0) is 11.2 Å². The predicted octanol–water partition coefficient (Wildman–Crippen LogP) is 2.61. The molecule has 1 aliphatic rings. The molecule has 1 saturated heterocycles. The third-order valence-corrected chi connectivity index (χ3v) is 4.00. The molecule has 20 heavy (non-hydrogen) atoms. The second-order valence-corrected chi connectivity index (χ2v) is 5.81. The van der Waals surface area contributed by atoms with Crippen molar-refractivity contribution in [3.8, 4) is 0 Å². The highest BCUT2D eigenvalue weighted by molar-refractivity contribution is 5.78. The third kappa shape index (κ3) is 4.34. The first-order valence-corrected chi connectivity index (χ1v) is 7.76. The van der Waals surface area contributed by atoms with Gasteiger partial charge < -0.3 is 10.2 Å². The second-order valence-electron chi connectivity index (χ2n) is 5.81. The Labute approximate surface area is 122 Å². The van der Waals surface area contributed by atoms with Crippen LogP contribution < -0.4 is 5.32 Å². The number of benzene rings is 1. The molecule has 0 saturated carbocycles. The molecule has 0 bridgehead atoms. The zero-order chi connectivity index (χ0) is 14.4. The molecule has 1 fully saturated rings. The quantitative estimate of drug-likeness (QED) is 0.829. The van der Waals surface area contributed by atoms with Gasteiger partial charge in [0.2, 0.25) is 5.91 Å². The lowest BCUT2D eigenvalue weighted by atomic mass is 10.0. The van der Waals surface area contributed by atoms with Crippen molar-refractivity contribution in [3.63, 3.8) is 0 Å². The summed E-state index contributed by atoms with van der Waals surface area (Å²) in [6.45, 7) is 6.16. The van der Waals surface area contributed by atoms with E-state index in [-0.39, 0.29) is 0 Å². The Morgan fingerprint density at radius 1 is 1.30 bits per heavy atom. The number of hydrogen-bond donors (Lipinski definition) is 1. The van der Waals surface area contributed by atoms with E-state index >= 15 is 0 Å². The average Bonchev–Trinajstić information content (AvgIpc) is 2.84. The summed E-state index contributed by atoms with van der Waals surface area (Å²) in [6, 6.07) is 11.4. The molecule has 110 valence electrons. The number of likely N-dealkylation sites (tertiary alicyclic amines) is 1. The van der Waals surface area contributed by atoms with Crippen molar-refractivity contribution >= 4 is 5.91 Å². The summed E-state index contributed by atoms with van der Waals surface area (Å²) in [4.78, 5) is 13.6. The molecule has 3 nitrogen and oxygen atoms in total. The fraction of sp³-hybridized carbons (Fsp3) is 0.588. The van der Waals surface area contributed by atoms with Gasteiger partial charge in [-0.05, 0) is 31.7 Å². The molecule has 1 aromatic carbocycles. The lowest BCUT2D eigenvalue weighted by molar-refractivity contribution is -0.127. The van der Waals surface area contributed by atoms with Crippen LogP contribution in [-0.4, -0.2) is 36.0 Å². The Kier molecular flexibility index (Phi) is 5.60. The van der Waals surface area contributed by atoms with Crippen LogP contribution in [0.3, 0.4) is 0 Å². The van der Waals surface area contributed by atoms with Gasteiger partial charge in [-0.3, -0.25) is 4.79 Å². The van der Waals surface area contributed by atoms with Gasteiger partial charge in [-0.15, -0.1) is 0 Å². The van der Waals surface area contributed by atoms with Gasteiger partial charge in [0, 0.05) is 31.6 Å². The van der Waals surface area contributed by atoms with Crippen LogP contribution in [0.15, 0.2) is 30.3 Å². The van der Waals surface area contributed by atoms with Gasteiger partial charge in [-0.1, -0.05) is 37.3 Å². The van der Waals surface area contributed by atoms with Gasteiger partial charge in [0.1, 0.15) is 0 Å². The van der Waals surface area contributed by atoms with Gasteiger partial charge >= 0.3 is 0 Å². The maximum atomic E-state index is 11.7. The molecule has 1 amide bonds. The van der Waals surface area contributed by atoms with Gasteiger partial charge in [-0.2, -0.15) is 0 Å². The molecule has 1 heterocycles. The number of nitrogens with zero attached hydrogens (tertiary/aromatic N) is 1. The van der Waals surface area contributed by atoms with Crippen LogP contribution in [0.25, 0.3) is 0 Å². The second kappa shape index (κ2) is 7.44. The first-order chi connectivity index (χ1) is 9.69. The number of carbonyl (C=O) groups is 1. The predicted molar refractivity (Wildman–Crippen MR) is 82.6 cm³/mol. The zero-order valence-electron chi connectivity index (χ0n) is 12.6. The zero-order valence-corrected chi connectivity index (χ0v) is 12.6. The molecule has 2 rings (SSSR count). The lowest BCUT2D eigenvalue weighted by Gasteiger charge is -2.26. The van der Waals surface area contributed by atoms with Crippen LogP contribution in [0.2, 0.25) is 0 Å². The van der Waals surface area contributed by atoms with Gasteiger partial charge in [-0.25, -0.2) is 0 Å². The highest BCUT2D eigenvalue weighted by atomic mass is 16.2. The van der Waals surface area contributed by atoms with Crippen molar-refractivity contribution in [1.29, 1.82) is 0 Å². The highest BCUT2D eigenvalue weighted by Crippen LogP contribution is 2.11. The molecule has 2 unspecified atom stereocenters. The van der Waals surface area contributed by atoms with Crippen molar-refractivity contribution in [3.05, 3.63) is 35.9 Å². The highest BCUT2D eigenvalue weighted by Gasteiger charge is 2.22. The Hall–Kier alpha value is -1.35. The number of hydrogen-bond acceptors (Lipinski definition) is 2. The Morgan fingerprint density at radius 3 is 2.65 bits per heavy atom. The number of carbonyl (C=O) groups excluding carboxylic acids is 1. The third-order valence-electron chi connectivity index (χ3n) is 4.00. The SMILES string of the molecule is CCC(Cc1ccccc1)NC(C)CN1CCCC1=O. The maximum Gasteiger partial charge on any atom is 0.222 e. The Morgan fingerprint density at radius 2 is 2.05 bits per heavy atom. The smallest absolute Gasteiger partial charge is 0.222 e. The van der Waals surface area contributed by atoms with E-state index in [4.69, 9.17) is 0 Å². The normalized spacial score (nSPS) is 18.3.